The number of aromatic nitrogens is 4. The first-order chi connectivity index (χ1) is 23.3. The molecule has 0 saturated heterocycles. The van der Waals surface area contributed by atoms with Gasteiger partial charge in [-0.05, 0) is 117 Å². The van der Waals surface area contributed by atoms with Gasteiger partial charge in [-0.3, -0.25) is 4.57 Å². The number of hydrogen-bond acceptors (Lipinski definition) is 3. The third-order valence-corrected chi connectivity index (χ3v) is 9.68. The van der Waals surface area contributed by atoms with Crippen LogP contribution in [0.4, 0.5) is 0 Å². The van der Waals surface area contributed by atoms with Gasteiger partial charge in [-0.15, -0.1) is 0 Å². The molecule has 1 atom stereocenters. The standard InChI is InChI=1S/C43H44N4O/c1-7-9-13-32-23-35(47-31(6)43(30(5)45-47)33-14-11-10-12-15-33)26-37(24-32)48-36-17-18-38-39-25-34(29(4)8-2)16-19-40(39)46(41(38)27-36)42-22-28(3)20-21-44-42/h10-12,14-27,29H,7-9,13H2,1-6H3. The molecule has 7 rings (SSSR count). The lowest BCUT2D eigenvalue weighted by atomic mass is 9.97. The van der Waals surface area contributed by atoms with Crippen LogP contribution in [-0.2, 0) is 6.42 Å². The fourth-order valence-corrected chi connectivity index (χ4v) is 6.92. The topological polar surface area (TPSA) is 44.9 Å². The summed E-state index contributed by atoms with van der Waals surface area (Å²) >= 11 is 0. The van der Waals surface area contributed by atoms with E-state index in [2.05, 4.69) is 142 Å². The highest BCUT2D eigenvalue weighted by Gasteiger charge is 2.18. The summed E-state index contributed by atoms with van der Waals surface area (Å²) in [7, 11) is 0. The highest BCUT2D eigenvalue weighted by atomic mass is 16.5. The molecule has 4 aromatic carbocycles. The first-order valence-electron chi connectivity index (χ1n) is 17.3. The molecule has 0 fully saturated rings. The first kappa shape index (κ1) is 31.4. The van der Waals surface area contributed by atoms with E-state index in [1.54, 1.807) is 0 Å². The predicted molar refractivity (Wildman–Crippen MR) is 199 cm³/mol. The lowest BCUT2D eigenvalue weighted by Gasteiger charge is -2.13. The highest BCUT2D eigenvalue weighted by molar-refractivity contribution is 6.09. The zero-order valence-corrected chi connectivity index (χ0v) is 28.9. The lowest BCUT2D eigenvalue weighted by molar-refractivity contribution is 0.482. The summed E-state index contributed by atoms with van der Waals surface area (Å²) in [5, 5.41) is 7.45. The SMILES string of the molecule is CCCCc1cc(Oc2ccc3c4cc(C(C)CC)ccc4n(-c4cc(C)ccn4)c3c2)cc(-n2nc(C)c(-c3ccccc3)c2C)c1. The molecule has 0 spiro atoms. The number of hydrogen-bond donors (Lipinski definition) is 0. The van der Waals surface area contributed by atoms with Crippen molar-refractivity contribution in [1.29, 1.82) is 0 Å². The van der Waals surface area contributed by atoms with Crippen molar-refractivity contribution >= 4 is 21.8 Å². The molecule has 1 unspecified atom stereocenters. The molecule has 0 N–H and O–H groups in total. The zero-order chi connectivity index (χ0) is 33.4. The molecule has 5 heteroatoms. The summed E-state index contributed by atoms with van der Waals surface area (Å²) < 4.78 is 11.1. The fraction of sp³-hybridized carbons (Fsp3) is 0.256. The van der Waals surface area contributed by atoms with E-state index in [9.17, 15) is 0 Å². The van der Waals surface area contributed by atoms with E-state index in [4.69, 9.17) is 14.8 Å². The van der Waals surface area contributed by atoms with Gasteiger partial charge in [0.2, 0.25) is 0 Å². The molecule has 3 heterocycles. The monoisotopic (exact) mass is 632 g/mol. The Morgan fingerprint density at radius 2 is 1.60 bits per heavy atom. The second-order valence-electron chi connectivity index (χ2n) is 13.2. The molecular weight excluding hydrogens is 589 g/mol. The average Bonchev–Trinajstić information content (AvgIpc) is 3.59. The number of rotatable bonds is 10. The molecule has 48 heavy (non-hydrogen) atoms. The van der Waals surface area contributed by atoms with Crippen molar-refractivity contribution in [2.75, 3.05) is 0 Å². The van der Waals surface area contributed by atoms with E-state index >= 15 is 0 Å². The molecule has 0 saturated carbocycles. The third kappa shape index (κ3) is 5.90. The second-order valence-corrected chi connectivity index (χ2v) is 13.2. The maximum Gasteiger partial charge on any atom is 0.137 e. The first-order valence-corrected chi connectivity index (χ1v) is 17.3. The van der Waals surface area contributed by atoms with Crippen LogP contribution in [0.5, 0.6) is 11.5 Å². The van der Waals surface area contributed by atoms with Gasteiger partial charge >= 0.3 is 0 Å². The molecule has 3 aromatic heterocycles. The molecule has 0 amide bonds. The Hall–Kier alpha value is -5.16. The molecule has 0 radical (unpaired) electrons. The minimum absolute atomic E-state index is 0.493. The Labute approximate surface area is 283 Å². The zero-order valence-electron chi connectivity index (χ0n) is 28.9. The molecule has 0 aliphatic carbocycles. The van der Waals surface area contributed by atoms with Gasteiger partial charge in [0.1, 0.15) is 17.3 Å². The van der Waals surface area contributed by atoms with E-state index in [1.807, 2.05) is 12.3 Å². The summed E-state index contributed by atoms with van der Waals surface area (Å²) in [4.78, 5) is 4.81. The largest absolute Gasteiger partial charge is 0.457 e. The molecule has 7 aromatic rings. The van der Waals surface area contributed by atoms with E-state index < -0.39 is 0 Å². The minimum Gasteiger partial charge on any atom is -0.457 e. The van der Waals surface area contributed by atoms with Gasteiger partial charge in [0.25, 0.3) is 0 Å². The summed E-state index contributed by atoms with van der Waals surface area (Å²) in [5.74, 6) is 3.00. The molecule has 0 aliphatic heterocycles. The van der Waals surface area contributed by atoms with Gasteiger partial charge in [0.15, 0.2) is 0 Å². The second kappa shape index (κ2) is 13.2. The van der Waals surface area contributed by atoms with E-state index in [-0.39, 0.29) is 0 Å². The van der Waals surface area contributed by atoms with Crippen LogP contribution in [0.2, 0.25) is 0 Å². The van der Waals surface area contributed by atoms with Crippen LogP contribution in [0.15, 0.2) is 103 Å². The molecule has 242 valence electrons. The van der Waals surface area contributed by atoms with Crippen LogP contribution >= 0.6 is 0 Å². The Balaban J connectivity index is 1.34. The van der Waals surface area contributed by atoms with Crippen LogP contribution in [0.25, 0.3) is 44.4 Å². The van der Waals surface area contributed by atoms with Gasteiger partial charge in [0.05, 0.1) is 22.4 Å². The van der Waals surface area contributed by atoms with Gasteiger partial charge in [0, 0.05) is 40.4 Å². The Bertz CT molecular complexity index is 2240. The number of nitrogens with zero attached hydrogens (tertiary/aromatic N) is 4. The molecular formula is C43H44N4O. The van der Waals surface area contributed by atoms with Crippen LogP contribution in [0.1, 0.15) is 74.0 Å². The number of ether oxygens (including phenoxy) is 1. The van der Waals surface area contributed by atoms with Crippen molar-refractivity contribution < 1.29 is 4.74 Å². The van der Waals surface area contributed by atoms with Crippen LogP contribution in [0, 0.1) is 20.8 Å². The van der Waals surface area contributed by atoms with Crippen LogP contribution in [0.3, 0.4) is 0 Å². The third-order valence-electron chi connectivity index (χ3n) is 9.68. The maximum absolute atomic E-state index is 6.75. The number of unbranched alkanes of at least 4 members (excludes halogenated alkanes) is 1. The average molecular weight is 633 g/mol. The summed E-state index contributed by atoms with van der Waals surface area (Å²) in [6.45, 7) is 13.1. The molecule has 5 nitrogen and oxygen atoms in total. The molecule has 0 bridgehead atoms. The normalized spacial score (nSPS) is 12.2. The van der Waals surface area contributed by atoms with Crippen molar-refractivity contribution in [3.8, 4) is 34.1 Å². The Kier molecular flexibility index (Phi) is 8.62. The van der Waals surface area contributed by atoms with E-state index in [1.165, 1.54) is 38.6 Å². The van der Waals surface area contributed by atoms with Gasteiger partial charge in [-0.1, -0.05) is 63.6 Å². The van der Waals surface area contributed by atoms with Crippen LogP contribution < -0.4 is 4.74 Å². The van der Waals surface area contributed by atoms with Gasteiger partial charge in [-0.2, -0.15) is 5.10 Å². The smallest absolute Gasteiger partial charge is 0.137 e. The summed E-state index contributed by atoms with van der Waals surface area (Å²) in [6, 6.07) is 34.6. The summed E-state index contributed by atoms with van der Waals surface area (Å²) in [5.41, 5.74) is 11.5. The van der Waals surface area contributed by atoms with E-state index in [0.29, 0.717) is 5.92 Å². The Morgan fingerprint density at radius 3 is 2.38 bits per heavy atom. The number of benzene rings is 4. The van der Waals surface area contributed by atoms with Crippen LogP contribution in [-0.4, -0.2) is 19.3 Å². The van der Waals surface area contributed by atoms with Gasteiger partial charge < -0.3 is 4.74 Å². The Morgan fingerprint density at radius 1 is 0.771 bits per heavy atom. The van der Waals surface area contributed by atoms with Crippen molar-refractivity contribution in [3.05, 3.63) is 131 Å². The number of aryl methyl sites for hydroxylation is 3. The number of fused-ring (bicyclic) bond motifs is 3. The fourth-order valence-electron chi connectivity index (χ4n) is 6.92. The molecule has 0 aliphatic rings. The van der Waals surface area contributed by atoms with Crippen molar-refractivity contribution in [1.82, 2.24) is 19.3 Å². The maximum atomic E-state index is 6.75. The number of pyridine rings is 1. The van der Waals surface area contributed by atoms with Gasteiger partial charge in [-0.25, -0.2) is 9.67 Å². The lowest BCUT2D eigenvalue weighted by Crippen LogP contribution is -2.02. The minimum atomic E-state index is 0.493. The van der Waals surface area contributed by atoms with Crippen molar-refractivity contribution in [3.63, 3.8) is 0 Å². The quantitative estimate of drug-likeness (QED) is 0.151. The van der Waals surface area contributed by atoms with Crippen molar-refractivity contribution in [2.45, 2.75) is 73.1 Å². The van der Waals surface area contributed by atoms with E-state index in [0.717, 1.165) is 71.1 Å². The summed E-state index contributed by atoms with van der Waals surface area (Å²) in [6.07, 6.45) is 6.22. The van der Waals surface area contributed by atoms with Crippen molar-refractivity contribution in [2.24, 2.45) is 0 Å². The predicted octanol–water partition coefficient (Wildman–Crippen LogP) is 11.6. The highest BCUT2D eigenvalue weighted by Crippen LogP contribution is 2.38.